The van der Waals surface area contributed by atoms with Gasteiger partial charge >= 0.3 is 6.09 Å². The van der Waals surface area contributed by atoms with Crippen molar-refractivity contribution >= 4 is 12.0 Å². The van der Waals surface area contributed by atoms with Crippen LogP contribution in [0.25, 0.3) is 0 Å². The molecule has 0 aliphatic carbocycles. The number of hydrogen-bond donors (Lipinski definition) is 0. The second-order valence-electron chi connectivity index (χ2n) is 5.41. The first-order chi connectivity index (χ1) is 10.5. The highest BCUT2D eigenvalue weighted by Crippen LogP contribution is 2.26. The lowest BCUT2D eigenvalue weighted by Crippen LogP contribution is -2.50. The smallest absolute Gasteiger partial charge is 0.409 e. The monoisotopic (exact) mass is 306 g/mol. The number of carbonyl (C=O) groups is 2. The van der Waals surface area contributed by atoms with Crippen molar-refractivity contribution in [2.75, 3.05) is 40.4 Å². The summed E-state index contributed by atoms with van der Waals surface area (Å²) in [6, 6.07) is 3.84. The molecule has 1 aliphatic heterocycles. The summed E-state index contributed by atoms with van der Waals surface area (Å²) >= 11 is 0. The van der Waals surface area contributed by atoms with Crippen LogP contribution >= 0.6 is 0 Å². The average molecular weight is 306 g/mol. The Hall–Kier alpha value is -2.24. The number of nitrogens with zero attached hydrogens (tertiary/aromatic N) is 2. The van der Waals surface area contributed by atoms with Crippen LogP contribution in [-0.2, 0) is 4.74 Å². The predicted octanol–water partition coefficient (Wildman–Crippen LogP) is 1.84. The van der Waals surface area contributed by atoms with Gasteiger partial charge < -0.3 is 19.3 Å². The molecule has 0 N–H and O–H groups in total. The van der Waals surface area contributed by atoms with E-state index in [2.05, 4.69) is 0 Å². The van der Waals surface area contributed by atoms with E-state index in [9.17, 15) is 9.59 Å². The van der Waals surface area contributed by atoms with Crippen LogP contribution < -0.4 is 4.74 Å². The van der Waals surface area contributed by atoms with Crippen LogP contribution in [0.1, 0.15) is 21.5 Å². The highest BCUT2D eigenvalue weighted by molar-refractivity contribution is 5.98. The number of hydrogen-bond acceptors (Lipinski definition) is 4. The molecule has 0 unspecified atom stereocenters. The van der Waals surface area contributed by atoms with Gasteiger partial charge in [0.1, 0.15) is 5.75 Å². The van der Waals surface area contributed by atoms with Gasteiger partial charge in [-0.05, 0) is 31.0 Å². The van der Waals surface area contributed by atoms with Gasteiger partial charge in [-0.3, -0.25) is 4.79 Å². The van der Waals surface area contributed by atoms with Gasteiger partial charge in [-0.25, -0.2) is 4.79 Å². The fourth-order valence-corrected chi connectivity index (χ4v) is 2.74. The molecule has 2 amide bonds. The Kier molecular flexibility index (Phi) is 4.90. The van der Waals surface area contributed by atoms with Crippen LogP contribution in [-0.4, -0.2) is 62.2 Å². The van der Waals surface area contributed by atoms with Gasteiger partial charge in [0.15, 0.2) is 0 Å². The largest absolute Gasteiger partial charge is 0.496 e. The summed E-state index contributed by atoms with van der Waals surface area (Å²) in [5.41, 5.74) is 2.55. The summed E-state index contributed by atoms with van der Waals surface area (Å²) in [6.45, 7) is 5.82. The van der Waals surface area contributed by atoms with Crippen LogP contribution in [0.5, 0.6) is 5.75 Å². The van der Waals surface area contributed by atoms with Crippen molar-refractivity contribution in [3.8, 4) is 5.75 Å². The second-order valence-corrected chi connectivity index (χ2v) is 5.41. The third kappa shape index (κ3) is 3.16. The summed E-state index contributed by atoms with van der Waals surface area (Å²) in [4.78, 5) is 27.6. The standard InChI is InChI=1S/C16H22N2O4/c1-11-9-12(2)14(13(10-11)21-3)15(19)17-5-7-18(8-6-17)16(20)22-4/h9-10H,5-8H2,1-4H3. The zero-order chi connectivity index (χ0) is 16.3. The van der Waals surface area contributed by atoms with Crippen LogP contribution in [0.3, 0.4) is 0 Å². The van der Waals surface area contributed by atoms with Crippen molar-refractivity contribution in [3.05, 3.63) is 28.8 Å². The Balaban J connectivity index is 2.15. The maximum atomic E-state index is 12.8. The molecular formula is C16H22N2O4. The third-order valence-corrected chi connectivity index (χ3v) is 3.88. The zero-order valence-corrected chi connectivity index (χ0v) is 13.5. The van der Waals surface area contributed by atoms with Gasteiger partial charge in [0.2, 0.25) is 0 Å². The topological polar surface area (TPSA) is 59.1 Å². The molecule has 0 radical (unpaired) electrons. The minimum atomic E-state index is -0.351. The van der Waals surface area contributed by atoms with E-state index in [1.165, 1.54) is 7.11 Å². The molecule has 1 fully saturated rings. The van der Waals surface area contributed by atoms with Crippen LogP contribution in [0.2, 0.25) is 0 Å². The number of carbonyl (C=O) groups excluding carboxylic acids is 2. The van der Waals surface area contributed by atoms with Gasteiger partial charge in [-0.1, -0.05) is 6.07 Å². The number of aryl methyl sites for hydroxylation is 2. The van der Waals surface area contributed by atoms with E-state index < -0.39 is 0 Å². The second kappa shape index (κ2) is 6.68. The quantitative estimate of drug-likeness (QED) is 0.836. The normalized spacial score (nSPS) is 14.7. The number of benzene rings is 1. The van der Waals surface area contributed by atoms with Crippen LogP contribution in [0.15, 0.2) is 12.1 Å². The molecule has 0 aromatic heterocycles. The van der Waals surface area contributed by atoms with Gasteiger partial charge in [0.25, 0.3) is 5.91 Å². The molecule has 1 aromatic rings. The number of ether oxygens (including phenoxy) is 2. The summed E-state index contributed by atoms with van der Waals surface area (Å²) < 4.78 is 10.1. The molecular weight excluding hydrogens is 284 g/mol. The van der Waals surface area contributed by atoms with E-state index in [1.807, 2.05) is 26.0 Å². The lowest BCUT2D eigenvalue weighted by Gasteiger charge is -2.34. The highest BCUT2D eigenvalue weighted by Gasteiger charge is 2.27. The first-order valence-electron chi connectivity index (χ1n) is 7.25. The molecule has 1 aromatic carbocycles. The molecule has 6 heteroatoms. The van der Waals surface area contributed by atoms with Crippen LogP contribution in [0, 0.1) is 13.8 Å². The molecule has 0 spiro atoms. The molecule has 0 atom stereocenters. The first-order valence-corrected chi connectivity index (χ1v) is 7.25. The van der Waals surface area contributed by atoms with Crippen molar-refractivity contribution in [1.29, 1.82) is 0 Å². The molecule has 6 nitrogen and oxygen atoms in total. The van der Waals surface area contributed by atoms with E-state index in [0.717, 1.165) is 11.1 Å². The van der Waals surface area contributed by atoms with E-state index in [4.69, 9.17) is 9.47 Å². The minimum Gasteiger partial charge on any atom is -0.496 e. The van der Waals surface area contributed by atoms with E-state index >= 15 is 0 Å². The molecule has 2 rings (SSSR count). The Bertz CT molecular complexity index is 578. The number of piperazine rings is 1. The number of methoxy groups -OCH3 is 2. The SMILES string of the molecule is COC(=O)N1CCN(C(=O)c2c(C)cc(C)cc2OC)CC1. The molecule has 1 heterocycles. The van der Waals surface area contributed by atoms with E-state index in [-0.39, 0.29) is 12.0 Å². The van der Waals surface area contributed by atoms with Gasteiger partial charge in [-0.15, -0.1) is 0 Å². The maximum absolute atomic E-state index is 12.8. The van der Waals surface area contributed by atoms with Crippen molar-refractivity contribution in [2.24, 2.45) is 0 Å². The summed E-state index contributed by atoms with van der Waals surface area (Å²) in [7, 11) is 2.93. The van der Waals surface area contributed by atoms with E-state index in [0.29, 0.717) is 37.5 Å². The third-order valence-electron chi connectivity index (χ3n) is 3.88. The number of amides is 2. The zero-order valence-electron chi connectivity index (χ0n) is 13.5. The summed E-state index contributed by atoms with van der Waals surface area (Å²) in [5.74, 6) is 0.539. The Morgan fingerprint density at radius 1 is 1.00 bits per heavy atom. The molecule has 1 aliphatic rings. The molecule has 1 saturated heterocycles. The fourth-order valence-electron chi connectivity index (χ4n) is 2.74. The Morgan fingerprint density at radius 3 is 2.14 bits per heavy atom. The number of rotatable bonds is 2. The van der Waals surface area contributed by atoms with Crippen molar-refractivity contribution in [1.82, 2.24) is 9.80 Å². The maximum Gasteiger partial charge on any atom is 0.409 e. The van der Waals surface area contributed by atoms with Gasteiger partial charge in [0, 0.05) is 26.2 Å². The van der Waals surface area contributed by atoms with Crippen molar-refractivity contribution in [2.45, 2.75) is 13.8 Å². The summed E-state index contributed by atoms with van der Waals surface area (Å²) in [5, 5.41) is 0. The van der Waals surface area contributed by atoms with E-state index in [1.54, 1.807) is 16.9 Å². The van der Waals surface area contributed by atoms with Gasteiger partial charge in [-0.2, -0.15) is 0 Å². The molecule has 120 valence electrons. The Labute approximate surface area is 130 Å². The van der Waals surface area contributed by atoms with Gasteiger partial charge in [0.05, 0.1) is 19.8 Å². The first kappa shape index (κ1) is 16.1. The average Bonchev–Trinajstić information content (AvgIpc) is 2.52. The lowest BCUT2D eigenvalue weighted by atomic mass is 10.0. The molecule has 22 heavy (non-hydrogen) atoms. The van der Waals surface area contributed by atoms with Crippen molar-refractivity contribution in [3.63, 3.8) is 0 Å². The highest BCUT2D eigenvalue weighted by atomic mass is 16.5. The molecule has 0 saturated carbocycles. The summed E-state index contributed by atoms with van der Waals surface area (Å²) in [6.07, 6.45) is -0.351. The predicted molar refractivity (Wildman–Crippen MR) is 82.3 cm³/mol. The lowest BCUT2D eigenvalue weighted by molar-refractivity contribution is 0.0596. The minimum absolute atomic E-state index is 0.0566. The van der Waals surface area contributed by atoms with Crippen LogP contribution in [0.4, 0.5) is 4.79 Å². The fraction of sp³-hybridized carbons (Fsp3) is 0.500. The molecule has 0 bridgehead atoms. The Morgan fingerprint density at radius 2 is 1.59 bits per heavy atom. The van der Waals surface area contributed by atoms with Crippen molar-refractivity contribution < 1.29 is 19.1 Å².